The van der Waals surface area contributed by atoms with E-state index in [0.29, 0.717) is 11.3 Å². The number of hydrogen-bond acceptors (Lipinski definition) is 3. The summed E-state index contributed by atoms with van der Waals surface area (Å²) in [6.07, 6.45) is -0.156. The summed E-state index contributed by atoms with van der Waals surface area (Å²) in [5.41, 5.74) is 7.55. The molecule has 12 heavy (non-hydrogen) atoms. The molecule has 2 rings (SSSR count). The molecular formula is C9H9NO2. The lowest BCUT2D eigenvalue weighted by atomic mass is 10.0. The lowest BCUT2D eigenvalue weighted by Crippen LogP contribution is -1.99. The number of carbonyl (C=O) groups is 1. The Morgan fingerprint density at radius 3 is 2.92 bits per heavy atom. The van der Waals surface area contributed by atoms with Gasteiger partial charge in [0.1, 0.15) is 6.10 Å². The molecular weight excluding hydrogens is 154 g/mol. The second-order valence-corrected chi connectivity index (χ2v) is 2.86. The van der Waals surface area contributed by atoms with Gasteiger partial charge in [-0.15, -0.1) is 0 Å². The highest BCUT2D eigenvalue weighted by Gasteiger charge is 2.29. The maximum Gasteiger partial charge on any atom is 0.341 e. The molecule has 0 spiro atoms. The monoisotopic (exact) mass is 163 g/mol. The van der Waals surface area contributed by atoms with Crippen molar-refractivity contribution in [2.24, 2.45) is 0 Å². The molecule has 62 valence electrons. The summed E-state index contributed by atoms with van der Waals surface area (Å²) in [6, 6.07) is 5.39. The fraction of sp³-hybridized carbons (Fsp3) is 0.222. The Morgan fingerprint density at radius 1 is 1.50 bits per heavy atom. The number of ether oxygens (including phenoxy) is 1. The third-order valence-corrected chi connectivity index (χ3v) is 2.05. The van der Waals surface area contributed by atoms with Crippen molar-refractivity contribution >= 4 is 11.7 Å². The van der Waals surface area contributed by atoms with Crippen molar-refractivity contribution in [2.45, 2.75) is 13.0 Å². The van der Waals surface area contributed by atoms with Gasteiger partial charge in [-0.2, -0.15) is 0 Å². The minimum Gasteiger partial charge on any atom is -0.454 e. The van der Waals surface area contributed by atoms with Crippen LogP contribution in [0, 0.1) is 0 Å². The fourth-order valence-corrected chi connectivity index (χ4v) is 1.45. The molecule has 3 nitrogen and oxygen atoms in total. The smallest absolute Gasteiger partial charge is 0.341 e. The maximum atomic E-state index is 11.2. The lowest BCUT2D eigenvalue weighted by molar-refractivity contribution is 0.0422. The van der Waals surface area contributed by atoms with Crippen molar-refractivity contribution in [2.75, 3.05) is 5.73 Å². The number of esters is 1. The zero-order chi connectivity index (χ0) is 8.72. The van der Waals surface area contributed by atoms with Crippen LogP contribution in [-0.2, 0) is 4.74 Å². The first-order chi connectivity index (χ1) is 5.70. The van der Waals surface area contributed by atoms with Crippen molar-refractivity contribution in [1.82, 2.24) is 0 Å². The van der Waals surface area contributed by atoms with E-state index in [1.807, 2.05) is 19.1 Å². The van der Waals surface area contributed by atoms with Crippen LogP contribution in [0.5, 0.6) is 0 Å². The largest absolute Gasteiger partial charge is 0.454 e. The standard InChI is InChI=1S/C9H9NO2/c1-5-6-3-2-4-7(10)8(6)9(11)12-5/h2-5H,10H2,1H3. The van der Waals surface area contributed by atoms with Crippen LogP contribution in [-0.4, -0.2) is 5.97 Å². The van der Waals surface area contributed by atoms with Crippen molar-refractivity contribution in [3.05, 3.63) is 29.3 Å². The third kappa shape index (κ3) is 0.794. The van der Waals surface area contributed by atoms with E-state index in [1.54, 1.807) is 6.07 Å². The predicted molar refractivity (Wildman–Crippen MR) is 44.7 cm³/mol. The van der Waals surface area contributed by atoms with Crippen LogP contribution in [0.4, 0.5) is 5.69 Å². The van der Waals surface area contributed by atoms with E-state index in [-0.39, 0.29) is 12.1 Å². The predicted octanol–water partition coefficient (Wildman–Crippen LogP) is 1.50. The first kappa shape index (κ1) is 7.16. The van der Waals surface area contributed by atoms with Crippen LogP contribution in [0.3, 0.4) is 0 Å². The van der Waals surface area contributed by atoms with Gasteiger partial charge in [0.15, 0.2) is 0 Å². The van der Waals surface area contributed by atoms with Crippen LogP contribution in [0.1, 0.15) is 28.9 Å². The second-order valence-electron chi connectivity index (χ2n) is 2.86. The zero-order valence-corrected chi connectivity index (χ0v) is 6.70. The van der Waals surface area contributed by atoms with Gasteiger partial charge in [0, 0.05) is 11.3 Å². The second kappa shape index (κ2) is 2.24. The van der Waals surface area contributed by atoms with E-state index in [1.165, 1.54) is 0 Å². The molecule has 0 aromatic heterocycles. The van der Waals surface area contributed by atoms with Crippen molar-refractivity contribution in [1.29, 1.82) is 0 Å². The molecule has 0 aliphatic carbocycles. The molecule has 1 heterocycles. The summed E-state index contributed by atoms with van der Waals surface area (Å²) in [4.78, 5) is 11.2. The highest BCUT2D eigenvalue weighted by Crippen LogP contribution is 2.33. The highest BCUT2D eigenvalue weighted by molar-refractivity contribution is 5.99. The topological polar surface area (TPSA) is 52.3 Å². The number of cyclic esters (lactones) is 1. The molecule has 0 amide bonds. The van der Waals surface area contributed by atoms with Crippen molar-refractivity contribution in [3.8, 4) is 0 Å². The summed E-state index contributed by atoms with van der Waals surface area (Å²) in [5, 5.41) is 0. The zero-order valence-electron chi connectivity index (χ0n) is 6.70. The Kier molecular flexibility index (Phi) is 1.33. The van der Waals surface area contributed by atoms with Crippen LogP contribution in [0.15, 0.2) is 18.2 Å². The molecule has 1 aromatic carbocycles. The Hall–Kier alpha value is -1.51. The van der Waals surface area contributed by atoms with Crippen LogP contribution < -0.4 is 5.73 Å². The lowest BCUT2D eigenvalue weighted by Gasteiger charge is -2.01. The Balaban J connectivity index is 2.67. The quantitative estimate of drug-likeness (QED) is 0.465. The molecule has 0 saturated carbocycles. The van der Waals surface area contributed by atoms with Gasteiger partial charge in [-0.25, -0.2) is 4.79 Å². The van der Waals surface area contributed by atoms with Crippen LogP contribution in [0.25, 0.3) is 0 Å². The molecule has 1 unspecified atom stereocenters. The molecule has 0 radical (unpaired) electrons. The summed E-state index contributed by atoms with van der Waals surface area (Å²) < 4.78 is 4.99. The minimum absolute atomic E-state index is 0.156. The molecule has 0 bridgehead atoms. The van der Waals surface area contributed by atoms with Gasteiger partial charge in [0.05, 0.1) is 5.56 Å². The SMILES string of the molecule is CC1OC(=O)c2c(N)cccc21. The van der Waals surface area contributed by atoms with Crippen molar-refractivity contribution < 1.29 is 9.53 Å². The number of benzene rings is 1. The van der Waals surface area contributed by atoms with E-state index in [2.05, 4.69) is 0 Å². The molecule has 0 fully saturated rings. The number of nitrogen functional groups attached to an aromatic ring is 1. The first-order valence-electron chi connectivity index (χ1n) is 3.79. The van der Waals surface area contributed by atoms with Gasteiger partial charge in [-0.3, -0.25) is 0 Å². The summed E-state index contributed by atoms with van der Waals surface area (Å²) in [6.45, 7) is 1.84. The van der Waals surface area contributed by atoms with Gasteiger partial charge >= 0.3 is 5.97 Å². The molecule has 1 aliphatic heterocycles. The minimum atomic E-state index is -0.310. The number of hydrogen-bond donors (Lipinski definition) is 1. The summed E-state index contributed by atoms with van der Waals surface area (Å²) in [7, 11) is 0. The third-order valence-electron chi connectivity index (χ3n) is 2.05. The average Bonchev–Trinajstić information content (AvgIpc) is 2.29. The van der Waals surface area contributed by atoms with Gasteiger partial charge in [-0.05, 0) is 13.0 Å². The Bertz CT molecular complexity index is 346. The maximum absolute atomic E-state index is 11.2. The molecule has 3 heteroatoms. The molecule has 2 N–H and O–H groups in total. The normalized spacial score (nSPS) is 20.4. The van der Waals surface area contributed by atoms with Gasteiger partial charge in [0.25, 0.3) is 0 Å². The van der Waals surface area contributed by atoms with E-state index in [0.717, 1.165) is 5.56 Å². The average molecular weight is 163 g/mol. The number of carbonyl (C=O) groups excluding carboxylic acids is 1. The molecule has 0 saturated heterocycles. The van der Waals surface area contributed by atoms with E-state index >= 15 is 0 Å². The van der Waals surface area contributed by atoms with Gasteiger partial charge in [0.2, 0.25) is 0 Å². The molecule has 1 aliphatic rings. The van der Waals surface area contributed by atoms with Crippen LogP contribution >= 0.6 is 0 Å². The van der Waals surface area contributed by atoms with Crippen LogP contribution in [0.2, 0.25) is 0 Å². The summed E-state index contributed by atoms with van der Waals surface area (Å²) in [5.74, 6) is -0.310. The van der Waals surface area contributed by atoms with E-state index < -0.39 is 0 Å². The number of fused-ring (bicyclic) bond motifs is 1. The fourth-order valence-electron chi connectivity index (χ4n) is 1.45. The Morgan fingerprint density at radius 2 is 2.25 bits per heavy atom. The summed E-state index contributed by atoms with van der Waals surface area (Å²) >= 11 is 0. The Labute approximate surface area is 70.1 Å². The first-order valence-corrected chi connectivity index (χ1v) is 3.79. The van der Waals surface area contributed by atoms with E-state index in [9.17, 15) is 4.79 Å². The van der Waals surface area contributed by atoms with Crippen molar-refractivity contribution in [3.63, 3.8) is 0 Å². The molecule has 1 aromatic rings. The van der Waals surface area contributed by atoms with Gasteiger partial charge < -0.3 is 10.5 Å². The highest BCUT2D eigenvalue weighted by atomic mass is 16.5. The number of nitrogens with two attached hydrogens (primary N) is 1. The van der Waals surface area contributed by atoms with Gasteiger partial charge in [-0.1, -0.05) is 12.1 Å². The number of rotatable bonds is 0. The molecule has 1 atom stereocenters. The number of anilines is 1. The van der Waals surface area contributed by atoms with E-state index in [4.69, 9.17) is 10.5 Å².